The second-order valence-corrected chi connectivity index (χ2v) is 14.6. The number of fused-ring (bicyclic) bond motifs is 6. The Morgan fingerprint density at radius 3 is 2.36 bits per heavy atom. The Hall–Kier alpha value is -2.98. The maximum absolute atomic E-state index is 13.5. The molecule has 10 atom stereocenters. The summed E-state index contributed by atoms with van der Waals surface area (Å²) in [5.41, 5.74) is 11.0. The smallest absolute Gasteiger partial charge is 0.387 e. The maximum Gasteiger partial charge on any atom is 0.472 e. The molecule has 8 N–H and O–H groups in total. The highest BCUT2D eigenvalue weighted by Gasteiger charge is 2.53. The predicted octanol–water partition coefficient (Wildman–Crippen LogP) is -0.799. The number of aromatic nitrogens is 7. The van der Waals surface area contributed by atoms with Crippen molar-refractivity contribution in [1.29, 1.82) is 0 Å². The molecule has 6 unspecified atom stereocenters. The van der Waals surface area contributed by atoms with Gasteiger partial charge in [-0.15, -0.1) is 0 Å². The standard InChI is InChI=1S/C21H25N9O12P2S/c22-15-7-1-2-29(16(7)25-5-24-15)19-13-11(31)9(39-19)4-38-44(36,45)42-14-12(32)8(3-37-43(34,35)41-13)40-20(14)30-6-26-10-17(30)27-21(23)28-18(10)33/h1-2,5-6,8-9,11-14,19-20,31-32H,3-4H2,(H,34,35)(H,36,45)(H2,22,24,25)(H3,23,27,28,33)/t8-,9-,11?,12?,13?,14?,19-,20-,44?/m1/s1. The van der Waals surface area contributed by atoms with Gasteiger partial charge in [0.05, 0.1) is 24.9 Å². The molecule has 7 rings (SSSR count). The summed E-state index contributed by atoms with van der Waals surface area (Å²) in [6, 6.07) is 1.57. The van der Waals surface area contributed by atoms with E-state index in [2.05, 4.69) is 37.2 Å². The number of hydrogen-bond acceptors (Lipinski definition) is 17. The Bertz CT molecular complexity index is 1940. The summed E-state index contributed by atoms with van der Waals surface area (Å²) in [6.07, 6.45) is -7.96. The van der Waals surface area contributed by atoms with Crippen LogP contribution in [0.2, 0.25) is 0 Å². The lowest BCUT2D eigenvalue weighted by atomic mass is 10.1. The van der Waals surface area contributed by atoms with Crippen LogP contribution in [0.5, 0.6) is 0 Å². The highest BCUT2D eigenvalue weighted by atomic mass is 32.7. The largest absolute Gasteiger partial charge is 0.472 e. The molecule has 7 heterocycles. The van der Waals surface area contributed by atoms with Crippen LogP contribution >= 0.6 is 26.9 Å². The summed E-state index contributed by atoms with van der Waals surface area (Å²) < 4.78 is 62.7. The first-order chi connectivity index (χ1) is 21.3. The van der Waals surface area contributed by atoms with Crippen molar-refractivity contribution >= 4 is 60.8 Å². The summed E-state index contributed by atoms with van der Waals surface area (Å²) in [5, 5.41) is 22.7. The van der Waals surface area contributed by atoms with Crippen LogP contribution in [0, 0.1) is 0 Å². The minimum Gasteiger partial charge on any atom is -0.387 e. The van der Waals surface area contributed by atoms with Crippen molar-refractivity contribution in [2.24, 2.45) is 0 Å². The number of ether oxygens (including phenoxy) is 2. The van der Waals surface area contributed by atoms with Crippen molar-refractivity contribution < 1.29 is 51.8 Å². The lowest BCUT2D eigenvalue weighted by Crippen LogP contribution is -2.37. The summed E-state index contributed by atoms with van der Waals surface area (Å²) in [6.45, 7) is -5.77. The van der Waals surface area contributed by atoms with E-state index in [0.29, 0.717) is 5.39 Å². The van der Waals surface area contributed by atoms with Crippen molar-refractivity contribution in [3.8, 4) is 0 Å². The molecule has 0 aliphatic carbocycles. The Labute approximate surface area is 255 Å². The average Bonchev–Trinajstić information content (AvgIpc) is 3.72. The second kappa shape index (κ2) is 11.1. The fourth-order valence-corrected chi connectivity index (χ4v) is 7.81. The molecule has 3 aliphatic heterocycles. The zero-order valence-electron chi connectivity index (χ0n) is 22.5. The van der Waals surface area contributed by atoms with Gasteiger partial charge >= 0.3 is 14.6 Å². The number of nitrogens with two attached hydrogens (primary N) is 2. The minimum absolute atomic E-state index is 0.0722. The molecule has 242 valence electrons. The molecule has 4 aromatic heterocycles. The third kappa shape index (κ3) is 5.45. The van der Waals surface area contributed by atoms with E-state index in [1.807, 2.05) is 0 Å². The quantitative estimate of drug-likeness (QED) is 0.100. The van der Waals surface area contributed by atoms with E-state index < -0.39 is 82.5 Å². The SMILES string of the molecule is Nc1nc2c(ncn2[C@@H]2O[C@@H]3COP(=O)(O)OC4C(O)[C@@H](COP(=O)(S)OC2C3O)O[C@H]4n2ccc3c(N)ncnc32)c(=O)[nH]1. The number of nitrogen functional groups attached to an aromatic ring is 2. The first-order valence-corrected chi connectivity index (χ1v) is 17.3. The van der Waals surface area contributed by atoms with Crippen LogP contribution in [0.1, 0.15) is 12.5 Å². The number of hydrogen-bond donors (Lipinski definition) is 7. The first-order valence-electron chi connectivity index (χ1n) is 13.1. The van der Waals surface area contributed by atoms with Crippen molar-refractivity contribution in [2.75, 3.05) is 24.7 Å². The van der Waals surface area contributed by atoms with Gasteiger partial charge in [0.15, 0.2) is 23.6 Å². The van der Waals surface area contributed by atoms with E-state index in [9.17, 15) is 29.0 Å². The van der Waals surface area contributed by atoms with Crippen LogP contribution < -0.4 is 17.0 Å². The zero-order valence-corrected chi connectivity index (χ0v) is 25.2. The average molecular weight is 689 g/mol. The van der Waals surface area contributed by atoms with E-state index in [1.54, 1.807) is 6.07 Å². The van der Waals surface area contributed by atoms with Crippen LogP contribution in [0.4, 0.5) is 11.8 Å². The molecular formula is C21H25N9O12P2S. The fraction of sp³-hybridized carbons (Fsp3) is 0.476. The number of aliphatic hydroxyl groups is 2. The van der Waals surface area contributed by atoms with Gasteiger partial charge in [-0.25, -0.2) is 24.1 Å². The Morgan fingerprint density at radius 2 is 1.62 bits per heavy atom. The van der Waals surface area contributed by atoms with Crippen LogP contribution in [-0.4, -0.2) is 99.0 Å². The molecule has 3 saturated heterocycles. The van der Waals surface area contributed by atoms with Gasteiger partial charge in [-0.3, -0.25) is 32.4 Å². The third-order valence-corrected chi connectivity index (χ3v) is 10.1. The number of aromatic amines is 1. The predicted molar refractivity (Wildman–Crippen MR) is 152 cm³/mol. The van der Waals surface area contributed by atoms with Gasteiger partial charge in [0, 0.05) is 6.20 Å². The molecule has 4 aromatic rings. The highest BCUT2D eigenvalue weighted by Crippen LogP contribution is 2.58. The molecule has 3 fully saturated rings. The molecule has 4 bridgehead atoms. The van der Waals surface area contributed by atoms with Crippen molar-refractivity contribution in [3.05, 3.63) is 35.3 Å². The molecule has 0 radical (unpaired) electrons. The lowest BCUT2D eigenvalue weighted by molar-refractivity contribution is -0.0636. The normalized spacial score (nSPS) is 37.7. The van der Waals surface area contributed by atoms with Crippen molar-refractivity contribution in [3.63, 3.8) is 0 Å². The number of rotatable bonds is 2. The van der Waals surface area contributed by atoms with Gasteiger partial charge < -0.3 is 40.6 Å². The number of phosphoric acid groups is 1. The van der Waals surface area contributed by atoms with E-state index >= 15 is 0 Å². The minimum atomic E-state index is -5.02. The molecule has 21 nitrogen and oxygen atoms in total. The van der Waals surface area contributed by atoms with E-state index in [4.69, 9.17) is 39.0 Å². The number of nitrogens with one attached hydrogen (secondary N) is 1. The Morgan fingerprint density at radius 1 is 0.956 bits per heavy atom. The zero-order chi connectivity index (χ0) is 31.8. The highest BCUT2D eigenvalue weighted by molar-refractivity contribution is 8.44. The number of imidazole rings is 1. The number of nitrogens with zero attached hydrogens (tertiary/aromatic N) is 6. The number of phosphoric ester groups is 1. The molecule has 0 saturated carbocycles. The topological polar surface area (TPSA) is 297 Å². The van der Waals surface area contributed by atoms with Gasteiger partial charge in [-0.2, -0.15) is 4.98 Å². The first kappa shape index (κ1) is 30.7. The molecule has 45 heavy (non-hydrogen) atoms. The molecule has 3 aliphatic rings. The van der Waals surface area contributed by atoms with Crippen LogP contribution in [0.25, 0.3) is 22.2 Å². The lowest BCUT2D eigenvalue weighted by Gasteiger charge is -2.26. The molecule has 0 amide bonds. The van der Waals surface area contributed by atoms with Gasteiger partial charge in [0.25, 0.3) is 5.56 Å². The van der Waals surface area contributed by atoms with Crippen LogP contribution in [-0.2, 0) is 36.7 Å². The van der Waals surface area contributed by atoms with Crippen molar-refractivity contribution in [2.45, 2.75) is 49.1 Å². The number of anilines is 2. The van der Waals surface area contributed by atoms with Gasteiger partial charge in [-0.05, 0) is 6.07 Å². The molecule has 24 heteroatoms. The van der Waals surface area contributed by atoms with E-state index in [-0.39, 0.29) is 28.6 Å². The Balaban J connectivity index is 1.23. The number of H-pyrrole nitrogens is 1. The summed E-state index contributed by atoms with van der Waals surface area (Å²) in [7, 11) is -5.02. The van der Waals surface area contributed by atoms with E-state index in [0.717, 1.165) is 6.33 Å². The molecular weight excluding hydrogens is 664 g/mol. The monoisotopic (exact) mass is 689 g/mol. The Kier molecular flexibility index (Phi) is 7.55. The van der Waals surface area contributed by atoms with Gasteiger partial charge in [0.1, 0.15) is 54.4 Å². The second-order valence-electron chi connectivity index (χ2n) is 10.3. The number of aliphatic hydroxyl groups excluding tert-OH is 2. The van der Waals surface area contributed by atoms with Crippen molar-refractivity contribution in [1.82, 2.24) is 34.1 Å². The number of thiol groups is 1. The van der Waals surface area contributed by atoms with E-state index in [1.165, 1.54) is 21.7 Å². The van der Waals surface area contributed by atoms with Gasteiger partial charge in [-0.1, -0.05) is 12.2 Å². The maximum atomic E-state index is 13.5. The van der Waals surface area contributed by atoms with Crippen LogP contribution in [0.3, 0.4) is 0 Å². The molecule has 0 aromatic carbocycles. The summed E-state index contributed by atoms with van der Waals surface area (Å²) >= 11 is 4.05. The summed E-state index contributed by atoms with van der Waals surface area (Å²) in [5.74, 6) is -0.0973. The van der Waals surface area contributed by atoms with Gasteiger partial charge in [0.2, 0.25) is 5.95 Å². The molecule has 0 spiro atoms. The fourth-order valence-electron chi connectivity index (χ4n) is 5.42. The van der Waals surface area contributed by atoms with Crippen LogP contribution in [0.15, 0.2) is 29.7 Å². The summed E-state index contributed by atoms with van der Waals surface area (Å²) in [4.78, 5) is 41.5. The third-order valence-electron chi connectivity index (χ3n) is 7.48.